The summed E-state index contributed by atoms with van der Waals surface area (Å²) < 4.78 is 0. The number of rotatable bonds is 6. The van der Waals surface area contributed by atoms with Gasteiger partial charge in [-0.3, -0.25) is 0 Å². The maximum atomic E-state index is 4.62. The molecule has 5 heteroatoms. The number of anilines is 1. The minimum Gasteiger partial charge on any atom is -0.342 e. The van der Waals surface area contributed by atoms with Crippen molar-refractivity contribution in [3.05, 3.63) is 33.8 Å². The predicted octanol–water partition coefficient (Wildman–Crippen LogP) is 2.74. The fraction of sp³-hybridized carbons (Fsp3) is 0.500. The highest BCUT2D eigenvalue weighted by Crippen LogP contribution is 2.13. The Kier molecular flexibility index (Phi) is 4.85. The molecule has 2 aromatic rings. The standard InChI is InChI=1S/C14H20N4S/c1-4-12-13(5-2)16-17-14(15-12)18(3)9-8-11-7-6-10-19-11/h6-7,10H,4-5,8-9H2,1-3H3. The lowest BCUT2D eigenvalue weighted by Crippen LogP contribution is -2.23. The predicted molar refractivity (Wildman–Crippen MR) is 79.9 cm³/mol. The van der Waals surface area contributed by atoms with Crippen LogP contribution >= 0.6 is 11.3 Å². The maximum absolute atomic E-state index is 4.62. The summed E-state index contributed by atoms with van der Waals surface area (Å²) in [6.45, 7) is 5.11. The summed E-state index contributed by atoms with van der Waals surface area (Å²) in [5.41, 5.74) is 2.08. The molecule has 0 aliphatic rings. The minimum atomic E-state index is 0.727. The van der Waals surface area contributed by atoms with Gasteiger partial charge in [-0.1, -0.05) is 19.9 Å². The smallest absolute Gasteiger partial charge is 0.245 e. The van der Waals surface area contributed by atoms with Gasteiger partial charge in [0.25, 0.3) is 0 Å². The van der Waals surface area contributed by atoms with Crippen molar-refractivity contribution in [2.75, 3.05) is 18.5 Å². The van der Waals surface area contributed by atoms with Crippen LogP contribution in [-0.2, 0) is 19.3 Å². The molecule has 0 radical (unpaired) electrons. The van der Waals surface area contributed by atoms with E-state index in [4.69, 9.17) is 0 Å². The van der Waals surface area contributed by atoms with Gasteiger partial charge < -0.3 is 4.90 Å². The van der Waals surface area contributed by atoms with Crippen molar-refractivity contribution in [3.63, 3.8) is 0 Å². The zero-order valence-electron chi connectivity index (χ0n) is 11.8. The van der Waals surface area contributed by atoms with Gasteiger partial charge in [-0.2, -0.15) is 5.10 Å². The third-order valence-electron chi connectivity index (χ3n) is 3.11. The summed E-state index contributed by atoms with van der Waals surface area (Å²) in [5.74, 6) is 0.727. The van der Waals surface area contributed by atoms with E-state index in [9.17, 15) is 0 Å². The topological polar surface area (TPSA) is 41.9 Å². The molecule has 0 N–H and O–H groups in total. The molecule has 0 saturated carbocycles. The van der Waals surface area contributed by atoms with E-state index in [1.807, 2.05) is 7.05 Å². The van der Waals surface area contributed by atoms with Crippen molar-refractivity contribution in [2.24, 2.45) is 0 Å². The quantitative estimate of drug-likeness (QED) is 0.813. The average molecular weight is 276 g/mol. The van der Waals surface area contributed by atoms with Crippen LogP contribution in [0.2, 0.25) is 0 Å². The lowest BCUT2D eigenvalue weighted by Gasteiger charge is -2.17. The third-order valence-corrected chi connectivity index (χ3v) is 4.05. The van der Waals surface area contributed by atoms with Crippen molar-refractivity contribution in [2.45, 2.75) is 33.1 Å². The molecule has 102 valence electrons. The summed E-state index contributed by atoms with van der Waals surface area (Å²) in [4.78, 5) is 8.08. The first-order valence-electron chi connectivity index (χ1n) is 6.70. The van der Waals surface area contributed by atoms with Crippen LogP contribution in [0, 0.1) is 0 Å². The monoisotopic (exact) mass is 276 g/mol. The van der Waals surface area contributed by atoms with Crippen LogP contribution in [-0.4, -0.2) is 28.8 Å². The first kappa shape index (κ1) is 13.9. The van der Waals surface area contributed by atoms with Crippen molar-refractivity contribution in [1.82, 2.24) is 15.2 Å². The number of nitrogens with zero attached hydrogens (tertiary/aromatic N) is 4. The van der Waals surface area contributed by atoms with Crippen molar-refractivity contribution < 1.29 is 0 Å². The van der Waals surface area contributed by atoms with Crippen molar-refractivity contribution in [3.8, 4) is 0 Å². The van der Waals surface area contributed by atoms with E-state index in [1.54, 1.807) is 11.3 Å². The third kappa shape index (κ3) is 3.50. The molecule has 0 aromatic carbocycles. The number of aryl methyl sites for hydroxylation is 2. The van der Waals surface area contributed by atoms with Crippen LogP contribution in [0.3, 0.4) is 0 Å². The Morgan fingerprint density at radius 3 is 2.58 bits per heavy atom. The van der Waals surface area contributed by atoms with Gasteiger partial charge >= 0.3 is 0 Å². The largest absolute Gasteiger partial charge is 0.342 e. The Balaban J connectivity index is 2.04. The zero-order valence-corrected chi connectivity index (χ0v) is 12.6. The van der Waals surface area contributed by atoms with Crippen LogP contribution in [0.25, 0.3) is 0 Å². The van der Waals surface area contributed by atoms with Gasteiger partial charge in [0.15, 0.2) is 0 Å². The van der Waals surface area contributed by atoms with Gasteiger partial charge in [-0.05, 0) is 30.7 Å². The second-order valence-electron chi connectivity index (χ2n) is 4.46. The molecule has 0 fully saturated rings. The molecule has 2 aromatic heterocycles. The summed E-state index contributed by atoms with van der Waals surface area (Å²) in [6, 6.07) is 4.25. The molecule has 0 aliphatic heterocycles. The number of likely N-dealkylation sites (N-methyl/N-ethyl adjacent to an activating group) is 1. The Morgan fingerprint density at radius 2 is 1.95 bits per heavy atom. The highest BCUT2D eigenvalue weighted by atomic mass is 32.1. The van der Waals surface area contributed by atoms with Crippen LogP contribution in [0.15, 0.2) is 17.5 Å². The van der Waals surface area contributed by atoms with Crippen molar-refractivity contribution >= 4 is 17.3 Å². The van der Waals surface area contributed by atoms with Gasteiger partial charge in [-0.15, -0.1) is 16.4 Å². The van der Waals surface area contributed by atoms with Crippen LogP contribution in [0.5, 0.6) is 0 Å². The number of aromatic nitrogens is 3. The minimum absolute atomic E-state index is 0.727. The molecule has 4 nitrogen and oxygen atoms in total. The second kappa shape index (κ2) is 6.61. The number of hydrogen-bond donors (Lipinski definition) is 0. The Hall–Kier alpha value is -1.49. The van der Waals surface area contributed by atoms with E-state index in [-0.39, 0.29) is 0 Å². The molecule has 19 heavy (non-hydrogen) atoms. The lowest BCUT2D eigenvalue weighted by atomic mass is 10.2. The molecule has 2 heterocycles. The molecule has 0 atom stereocenters. The van der Waals surface area contributed by atoms with Gasteiger partial charge in [0, 0.05) is 18.5 Å². The summed E-state index contributed by atoms with van der Waals surface area (Å²) >= 11 is 1.79. The second-order valence-corrected chi connectivity index (χ2v) is 5.50. The van der Waals surface area contributed by atoms with Crippen LogP contribution in [0.4, 0.5) is 5.95 Å². The zero-order chi connectivity index (χ0) is 13.7. The Morgan fingerprint density at radius 1 is 1.16 bits per heavy atom. The summed E-state index contributed by atoms with van der Waals surface area (Å²) in [6.07, 6.45) is 2.82. The van der Waals surface area contributed by atoms with Gasteiger partial charge in [0.2, 0.25) is 5.95 Å². The number of thiophene rings is 1. The maximum Gasteiger partial charge on any atom is 0.245 e. The van der Waals surface area contributed by atoms with Gasteiger partial charge in [0.05, 0.1) is 11.4 Å². The lowest BCUT2D eigenvalue weighted by molar-refractivity contribution is 0.768. The highest BCUT2D eigenvalue weighted by molar-refractivity contribution is 7.09. The van der Waals surface area contributed by atoms with Gasteiger partial charge in [-0.25, -0.2) is 4.98 Å². The van der Waals surface area contributed by atoms with E-state index in [0.717, 1.165) is 43.1 Å². The molecular weight excluding hydrogens is 256 g/mol. The van der Waals surface area contributed by atoms with E-state index < -0.39 is 0 Å². The molecule has 0 amide bonds. The van der Waals surface area contributed by atoms with E-state index >= 15 is 0 Å². The van der Waals surface area contributed by atoms with E-state index in [2.05, 4.69) is 51.4 Å². The van der Waals surface area contributed by atoms with Crippen molar-refractivity contribution in [1.29, 1.82) is 0 Å². The first-order valence-corrected chi connectivity index (χ1v) is 7.58. The normalized spacial score (nSPS) is 10.7. The fourth-order valence-electron chi connectivity index (χ4n) is 1.92. The fourth-order valence-corrected chi connectivity index (χ4v) is 2.62. The molecule has 0 bridgehead atoms. The molecule has 0 saturated heterocycles. The van der Waals surface area contributed by atoms with E-state index in [1.165, 1.54) is 4.88 Å². The highest BCUT2D eigenvalue weighted by Gasteiger charge is 2.10. The molecule has 0 aliphatic carbocycles. The summed E-state index contributed by atoms with van der Waals surface area (Å²) in [7, 11) is 2.02. The van der Waals surface area contributed by atoms with Crippen LogP contribution in [0.1, 0.15) is 30.1 Å². The molecule has 2 rings (SSSR count). The first-order chi connectivity index (χ1) is 9.24. The Bertz CT molecular complexity index is 510. The summed E-state index contributed by atoms with van der Waals surface area (Å²) in [5, 5.41) is 10.6. The SMILES string of the molecule is CCc1nnc(N(C)CCc2cccs2)nc1CC. The Labute approximate surface area is 118 Å². The molecule has 0 unspecified atom stereocenters. The molecular formula is C14H20N4S. The van der Waals surface area contributed by atoms with Crippen LogP contribution < -0.4 is 4.90 Å². The van der Waals surface area contributed by atoms with E-state index in [0.29, 0.717) is 0 Å². The number of hydrogen-bond acceptors (Lipinski definition) is 5. The molecule has 0 spiro atoms. The van der Waals surface area contributed by atoms with Gasteiger partial charge in [0.1, 0.15) is 0 Å². The average Bonchev–Trinajstić information content (AvgIpc) is 2.97.